The molecule has 96 valence electrons. The van der Waals surface area contributed by atoms with Crippen LogP contribution in [0, 0.1) is 0 Å². The van der Waals surface area contributed by atoms with Gasteiger partial charge in [-0.05, 0) is 39.3 Å². The number of pyridine rings is 1. The van der Waals surface area contributed by atoms with Crippen LogP contribution in [-0.4, -0.2) is 28.8 Å². The third-order valence-electron chi connectivity index (χ3n) is 1.93. The van der Waals surface area contributed by atoms with Gasteiger partial charge in [0.05, 0.1) is 5.69 Å². The highest BCUT2D eigenvalue weighted by atomic mass is 16.5. The minimum absolute atomic E-state index is 0.160. The summed E-state index contributed by atoms with van der Waals surface area (Å²) in [5.41, 5.74) is 5.99. The zero-order valence-electron chi connectivity index (χ0n) is 10.7. The van der Waals surface area contributed by atoms with E-state index >= 15 is 0 Å². The highest BCUT2D eigenvalue weighted by Crippen LogP contribution is 2.24. The van der Waals surface area contributed by atoms with Crippen molar-refractivity contribution < 1.29 is 9.84 Å². The Balaban J connectivity index is 2.72. The van der Waals surface area contributed by atoms with Crippen molar-refractivity contribution in [3.05, 3.63) is 12.1 Å². The molecule has 0 aliphatic carbocycles. The Morgan fingerprint density at radius 1 is 1.41 bits per heavy atom. The first-order chi connectivity index (χ1) is 7.92. The molecule has 0 saturated carbocycles. The number of hydrogen-bond acceptors (Lipinski definition) is 5. The maximum Gasteiger partial charge on any atom is 0.239 e. The summed E-state index contributed by atoms with van der Waals surface area (Å²) < 4.78 is 5.65. The average Bonchev–Trinajstić information content (AvgIpc) is 2.21. The minimum Gasteiger partial charge on any atom is -0.470 e. The van der Waals surface area contributed by atoms with Crippen LogP contribution >= 0.6 is 0 Å². The van der Waals surface area contributed by atoms with Crippen LogP contribution in [0.5, 0.6) is 5.88 Å². The summed E-state index contributed by atoms with van der Waals surface area (Å²) >= 11 is 0. The number of nitrogens with zero attached hydrogens (tertiary/aromatic N) is 1. The molecular weight excluding hydrogens is 218 g/mol. The Bertz CT molecular complexity index is 361. The fourth-order valence-corrected chi connectivity index (χ4v) is 1.22. The van der Waals surface area contributed by atoms with Crippen LogP contribution in [0.25, 0.3) is 0 Å². The van der Waals surface area contributed by atoms with E-state index in [1.807, 2.05) is 20.8 Å². The third kappa shape index (κ3) is 4.91. The maximum atomic E-state index is 8.69. The third-order valence-corrected chi connectivity index (χ3v) is 1.93. The van der Waals surface area contributed by atoms with Crippen LogP contribution in [0.3, 0.4) is 0 Å². The molecule has 5 nitrogen and oxygen atoms in total. The molecule has 0 unspecified atom stereocenters. The zero-order chi connectivity index (χ0) is 12.9. The highest BCUT2D eigenvalue weighted by Gasteiger charge is 2.15. The number of anilines is 2. The predicted molar refractivity (Wildman–Crippen MR) is 69.2 cm³/mol. The molecule has 0 bridgehead atoms. The summed E-state index contributed by atoms with van der Waals surface area (Å²) in [4.78, 5) is 4.29. The molecule has 0 aromatic carbocycles. The van der Waals surface area contributed by atoms with Gasteiger partial charge in [-0.25, -0.2) is 0 Å². The van der Waals surface area contributed by atoms with Crippen LogP contribution in [0.4, 0.5) is 11.5 Å². The van der Waals surface area contributed by atoms with Gasteiger partial charge in [-0.2, -0.15) is 4.98 Å². The monoisotopic (exact) mass is 239 g/mol. The SMILES string of the molecule is CC(C)(C)Oc1nc(NCCCO)ccc1N. The van der Waals surface area contributed by atoms with E-state index in [0.29, 0.717) is 30.4 Å². The van der Waals surface area contributed by atoms with Crippen molar-refractivity contribution in [2.75, 3.05) is 24.2 Å². The highest BCUT2D eigenvalue weighted by molar-refractivity contribution is 5.53. The van der Waals surface area contributed by atoms with Crippen LogP contribution in [-0.2, 0) is 0 Å². The summed E-state index contributed by atoms with van der Waals surface area (Å²) in [5, 5.41) is 11.8. The topological polar surface area (TPSA) is 80.4 Å². The average molecular weight is 239 g/mol. The molecule has 0 spiro atoms. The van der Waals surface area contributed by atoms with Crippen LogP contribution < -0.4 is 15.8 Å². The van der Waals surface area contributed by atoms with Gasteiger partial charge in [0.2, 0.25) is 5.88 Å². The predicted octanol–water partition coefficient (Wildman–Crippen LogP) is 1.64. The number of nitrogens with two attached hydrogens (primary N) is 1. The second-order valence-electron chi connectivity index (χ2n) is 4.81. The molecule has 0 saturated heterocycles. The number of ether oxygens (including phenoxy) is 1. The molecule has 0 aliphatic heterocycles. The Kier molecular flexibility index (Phi) is 4.57. The molecule has 4 N–H and O–H groups in total. The van der Waals surface area contributed by atoms with E-state index < -0.39 is 0 Å². The Hall–Kier alpha value is -1.49. The van der Waals surface area contributed by atoms with Gasteiger partial charge < -0.3 is 20.9 Å². The first kappa shape index (κ1) is 13.6. The quantitative estimate of drug-likeness (QED) is 0.681. The van der Waals surface area contributed by atoms with Gasteiger partial charge in [-0.15, -0.1) is 0 Å². The number of aliphatic hydroxyl groups excluding tert-OH is 1. The van der Waals surface area contributed by atoms with E-state index in [1.54, 1.807) is 12.1 Å². The van der Waals surface area contributed by atoms with Crippen LogP contribution in [0.1, 0.15) is 27.2 Å². The van der Waals surface area contributed by atoms with Crippen molar-refractivity contribution in [1.82, 2.24) is 4.98 Å². The Labute approximate surface area is 102 Å². The molecule has 17 heavy (non-hydrogen) atoms. The normalized spacial score (nSPS) is 11.3. The van der Waals surface area contributed by atoms with Gasteiger partial charge in [0, 0.05) is 13.2 Å². The molecule has 0 radical (unpaired) electrons. The zero-order valence-corrected chi connectivity index (χ0v) is 10.7. The van der Waals surface area contributed by atoms with E-state index in [0.717, 1.165) is 0 Å². The lowest BCUT2D eigenvalue weighted by atomic mass is 10.2. The second-order valence-corrected chi connectivity index (χ2v) is 4.81. The Morgan fingerprint density at radius 3 is 2.71 bits per heavy atom. The first-order valence-electron chi connectivity index (χ1n) is 5.72. The second kappa shape index (κ2) is 5.72. The standard InChI is InChI=1S/C12H21N3O2/c1-12(2,3)17-11-9(13)5-6-10(15-11)14-7-4-8-16/h5-6,16H,4,7-8,13H2,1-3H3,(H,14,15). The maximum absolute atomic E-state index is 8.69. The van der Waals surface area contributed by atoms with Crippen molar-refractivity contribution in [2.24, 2.45) is 0 Å². The number of nitrogens with one attached hydrogen (secondary N) is 1. The number of nitrogen functional groups attached to an aromatic ring is 1. The van der Waals surface area contributed by atoms with E-state index in [9.17, 15) is 0 Å². The van der Waals surface area contributed by atoms with E-state index in [4.69, 9.17) is 15.6 Å². The van der Waals surface area contributed by atoms with E-state index in [-0.39, 0.29) is 12.2 Å². The largest absolute Gasteiger partial charge is 0.470 e. The van der Waals surface area contributed by atoms with Gasteiger partial charge in [-0.1, -0.05) is 0 Å². The van der Waals surface area contributed by atoms with Crippen molar-refractivity contribution in [3.8, 4) is 5.88 Å². The van der Waals surface area contributed by atoms with E-state index in [1.165, 1.54) is 0 Å². The molecule has 0 fully saturated rings. The fraction of sp³-hybridized carbons (Fsp3) is 0.583. The molecule has 0 aliphatic rings. The molecule has 5 heteroatoms. The minimum atomic E-state index is -0.329. The van der Waals surface area contributed by atoms with Gasteiger partial charge in [0.25, 0.3) is 0 Å². The number of rotatable bonds is 5. The Morgan fingerprint density at radius 2 is 2.12 bits per heavy atom. The lowest BCUT2D eigenvalue weighted by Gasteiger charge is -2.21. The number of aliphatic hydroxyl groups is 1. The molecule has 0 amide bonds. The van der Waals surface area contributed by atoms with Gasteiger partial charge in [-0.3, -0.25) is 0 Å². The van der Waals surface area contributed by atoms with Crippen molar-refractivity contribution >= 4 is 11.5 Å². The van der Waals surface area contributed by atoms with Crippen LogP contribution in [0.2, 0.25) is 0 Å². The molecular formula is C12H21N3O2. The van der Waals surface area contributed by atoms with Crippen molar-refractivity contribution in [2.45, 2.75) is 32.8 Å². The van der Waals surface area contributed by atoms with Crippen LogP contribution in [0.15, 0.2) is 12.1 Å². The number of hydrogen-bond donors (Lipinski definition) is 3. The summed E-state index contributed by atoms with van der Waals surface area (Å²) in [6, 6.07) is 3.55. The summed E-state index contributed by atoms with van der Waals surface area (Å²) in [6.07, 6.45) is 0.682. The van der Waals surface area contributed by atoms with Gasteiger partial charge in [0.1, 0.15) is 11.4 Å². The molecule has 1 aromatic rings. The number of aromatic nitrogens is 1. The van der Waals surface area contributed by atoms with Gasteiger partial charge >= 0.3 is 0 Å². The fourth-order valence-electron chi connectivity index (χ4n) is 1.22. The lowest BCUT2D eigenvalue weighted by molar-refractivity contribution is 0.125. The molecule has 1 aromatic heterocycles. The van der Waals surface area contributed by atoms with E-state index in [2.05, 4.69) is 10.3 Å². The smallest absolute Gasteiger partial charge is 0.239 e. The van der Waals surface area contributed by atoms with Crippen molar-refractivity contribution in [1.29, 1.82) is 0 Å². The lowest BCUT2D eigenvalue weighted by Crippen LogP contribution is -2.24. The molecule has 1 heterocycles. The first-order valence-corrected chi connectivity index (χ1v) is 5.72. The summed E-state index contributed by atoms with van der Waals surface area (Å²) in [5.74, 6) is 1.14. The summed E-state index contributed by atoms with van der Waals surface area (Å²) in [7, 11) is 0. The van der Waals surface area contributed by atoms with Crippen molar-refractivity contribution in [3.63, 3.8) is 0 Å². The molecule has 1 rings (SSSR count). The van der Waals surface area contributed by atoms with Gasteiger partial charge in [0.15, 0.2) is 0 Å². The summed E-state index contributed by atoms with van der Waals surface area (Å²) in [6.45, 7) is 6.66. The molecule has 0 atom stereocenters.